The van der Waals surface area contributed by atoms with Gasteiger partial charge >= 0.3 is 0 Å². The van der Waals surface area contributed by atoms with Gasteiger partial charge < -0.3 is 10.4 Å². The van der Waals surface area contributed by atoms with Crippen LogP contribution in [-0.4, -0.2) is 27.6 Å². The van der Waals surface area contributed by atoms with Crippen LogP contribution in [0.1, 0.15) is 31.3 Å². The quantitative estimate of drug-likeness (QED) is 0.759. The minimum absolute atomic E-state index is 0.00581. The van der Waals surface area contributed by atoms with E-state index in [9.17, 15) is 14.3 Å². The second kappa shape index (κ2) is 4.57. The number of halogens is 1. The fraction of sp³-hybridized carbons (Fsp3) is 0.455. The van der Waals surface area contributed by atoms with E-state index in [4.69, 9.17) is 0 Å². The van der Waals surface area contributed by atoms with E-state index in [0.29, 0.717) is 0 Å². The Hall–Kier alpha value is -1.49. The third-order valence-electron chi connectivity index (χ3n) is 2.43. The predicted molar refractivity (Wildman–Crippen MR) is 57.4 cm³/mol. The molecule has 1 aromatic rings. The lowest BCUT2D eigenvalue weighted by Crippen LogP contribution is -2.51. The molecule has 16 heavy (non-hydrogen) atoms. The molecule has 0 spiro atoms. The molecular weight excluding hydrogens is 211 g/mol. The zero-order valence-electron chi connectivity index (χ0n) is 9.49. The fourth-order valence-corrected chi connectivity index (χ4v) is 0.996. The summed E-state index contributed by atoms with van der Waals surface area (Å²) < 4.78 is 12.8. The summed E-state index contributed by atoms with van der Waals surface area (Å²) in [5.74, 6) is -1.21. The molecule has 88 valence electrons. The second-order valence-electron chi connectivity index (χ2n) is 4.20. The molecule has 5 heteroatoms. The number of aliphatic hydroxyl groups excluding tert-OH is 1. The van der Waals surface area contributed by atoms with Crippen LogP contribution in [0.15, 0.2) is 18.2 Å². The van der Waals surface area contributed by atoms with E-state index in [-0.39, 0.29) is 5.69 Å². The van der Waals surface area contributed by atoms with E-state index in [2.05, 4.69) is 10.3 Å². The smallest absolute Gasteiger partial charge is 0.270 e. The zero-order valence-corrected chi connectivity index (χ0v) is 9.49. The zero-order chi connectivity index (χ0) is 12.3. The largest absolute Gasteiger partial charge is 0.391 e. The number of nitrogens with zero attached hydrogens (tertiary/aromatic N) is 1. The van der Waals surface area contributed by atoms with Gasteiger partial charge in [0.1, 0.15) is 5.69 Å². The Labute approximate surface area is 93.5 Å². The molecule has 2 N–H and O–H groups in total. The lowest BCUT2D eigenvalue weighted by atomic mass is 9.98. The summed E-state index contributed by atoms with van der Waals surface area (Å²) in [6, 6.07) is 3.99. The molecule has 1 amide bonds. The summed E-state index contributed by atoms with van der Waals surface area (Å²) >= 11 is 0. The minimum atomic E-state index is -0.787. The van der Waals surface area contributed by atoms with Gasteiger partial charge in [-0.25, -0.2) is 4.98 Å². The lowest BCUT2D eigenvalue weighted by Gasteiger charge is -2.29. The topological polar surface area (TPSA) is 62.2 Å². The number of aliphatic hydroxyl groups is 1. The van der Waals surface area contributed by atoms with Gasteiger partial charge in [-0.15, -0.1) is 0 Å². The first kappa shape index (κ1) is 12.6. The Balaban J connectivity index is 2.81. The van der Waals surface area contributed by atoms with Crippen molar-refractivity contribution in [1.82, 2.24) is 10.3 Å². The highest BCUT2D eigenvalue weighted by atomic mass is 19.1. The fourth-order valence-electron chi connectivity index (χ4n) is 0.996. The number of carbonyl (C=O) groups excluding carboxylic acids is 1. The van der Waals surface area contributed by atoms with Crippen LogP contribution >= 0.6 is 0 Å². The van der Waals surface area contributed by atoms with Crippen LogP contribution in [0.25, 0.3) is 0 Å². The van der Waals surface area contributed by atoms with E-state index >= 15 is 0 Å². The third kappa shape index (κ3) is 3.00. The van der Waals surface area contributed by atoms with Crippen LogP contribution in [-0.2, 0) is 0 Å². The van der Waals surface area contributed by atoms with E-state index in [1.54, 1.807) is 20.8 Å². The number of pyridine rings is 1. The summed E-state index contributed by atoms with van der Waals surface area (Å²) in [6.07, 6.45) is -0.718. The van der Waals surface area contributed by atoms with E-state index in [0.717, 1.165) is 6.07 Å². The van der Waals surface area contributed by atoms with Crippen molar-refractivity contribution < 1.29 is 14.3 Å². The molecule has 0 aromatic carbocycles. The SMILES string of the molecule is CC(O)C(C)(C)NC(=O)c1cccc(F)n1. The number of nitrogens with one attached hydrogen (secondary N) is 1. The van der Waals surface area contributed by atoms with Gasteiger partial charge in [-0.2, -0.15) is 4.39 Å². The molecule has 0 saturated carbocycles. The Bertz CT molecular complexity index is 391. The molecule has 0 aliphatic carbocycles. The Kier molecular flexibility index (Phi) is 3.59. The highest BCUT2D eigenvalue weighted by Gasteiger charge is 2.26. The molecule has 1 aromatic heterocycles. The number of amides is 1. The van der Waals surface area contributed by atoms with E-state index in [1.165, 1.54) is 12.1 Å². The monoisotopic (exact) mass is 226 g/mol. The van der Waals surface area contributed by atoms with Crippen molar-refractivity contribution in [3.05, 3.63) is 29.8 Å². The summed E-state index contributed by atoms with van der Waals surface area (Å²) in [6.45, 7) is 4.92. The molecule has 1 rings (SSSR count). The Morgan fingerprint density at radius 1 is 1.56 bits per heavy atom. The number of hydrogen-bond acceptors (Lipinski definition) is 3. The maximum Gasteiger partial charge on any atom is 0.270 e. The highest BCUT2D eigenvalue weighted by molar-refractivity contribution is 5.92. The molecule has 0 aliphatic rings. The molecule has 1 heterocycles. The number of hydrogen-bond donors (Lipinski definition) is 2. The first-order valence-electron chi connectivity index (χ1n) is 4.96. The van der Waals surface area contributed by atoms with Crippen molar-refractivity contribution in [2.24, 2.45) is 0 Å². The molecule has 0 saturated heterocycles. The lowest BCUT2D eigenvalue weighted by molar-refractivity contribution is 0.0704. The van der Waals surface area contributed by atoms with Crippen LogP contribution in [0.3, 0.4) is 0 Å². The molecular formula is C11H15FN2O2. The van der Waals surface area contributed by atoms with Crippen LogP contribution in [0.4, 0.5) is 4.39 Å². The molecule has 0 fully saturated rings. The molecule has 4 nitrogen and oxygen atoms in total. The second-order valence-corrected chi connectivity index (χ2v) is 4.20. The van der Waals surface area contributed by atoms with Crippen LogP contribution in [0.5, 0.6) is 0 Å². The molecule has 1 unspecified atom stereocenters. The Morgan fingerprint density at radius 3 is 2.69 bits per heavy atom. The maximum absolute atomic E-state index is 12.8. The summed E-state index contributed by atoms with van der Waals surface area (Å²) in [7, 11) is 0. The van der Waals surface area contributed by atoms with Crippen molar-refractivity contribution in [1.29, 1.82) is 0 Å². The maximum atomic E-state index is 12.8. The van der Waals surface area contributed by atoms with Gasteiger partial charge in [0, 0.05) is 0 Å². The molecule has 0 bridgehead atoms. The van der Waals surface area contributed by atoms with Crippen molar-refractivity contribution in [3.8, 4) is 0 Å². The molecule has 1 atom stereocenters. The van der Waals surface area contributed by atoms with E-state index < -0.39 is 23.5 Å². The molecule has 0 aliphatic heterocycles. The normalized spacial score (nSPS) is 13.3. The van der Waals surface area contributed by atoms with Gasteiger partial charge in [-0.05, 0) is 32.9 Å². The number of aromatic nitrogens is 1. The van der Waals surface area contributed by atoms with Gasteiger partial charge in [0.25, 0.3) is 5.91 Å². The van der Waals surface area contributed by atoms with Crippen LogP contribution in [0.2, 0.25) is 0 Å². The predicted octanol–water partition coefficient (Wildman–Crippen LogP) is 1.11. The van der Waals surface area contributed by atoms with Gasteiger partial charge in [-0.1, -0.05) is 6.07 Å². The van der Waals surface area contributed by atoms with Crippen LogP contribution in [0, 0.1) is 5.95 Å². The number of rotatable bonds is 3. The minimum Gasteiger partial charge on any atom is -0.391 e. The summed E-state index contributed by atoms with van der Waals surface area (Å²) in [5.41, 5.74) is -0.792. The van der Waals surface area contributed by atoms with Gasteiger partial charge in [0.2, 0.25) is 5.95 Å². The third-order valence-corrected chi connectivity index (χ3v) is 2.43. The van der Waals surface area contributed by atoms with Crippen molar-refractivity contribution >= 4 is 5.91 Å². The molecule has 0 radical (unpaired) electrons. The van der Waals surface area contributed by atoms with E-state index in [1.807, 2.05) is 0 Å². The van der Waals surface area contributed by atoms with Gasteiger partial charge in [-0.3, -0.25) is 4.79 Å². The average Bonchev–Trinajstić information content (AvgIpc) is 2.16. The Morgan fingerprint density at radius 2 is 2.19 bits per heavy atom. The van der Waals surface area contributed by atoms with Gasteiger partial charge in [0.05, 0.1) is 11.6 Å². The van der Waals surface area contributed by atoms with Gasteiger partial charge in [0.15, 0.2) is 0 Å². The summed E-state index contributed by atoms with van der Waals surface area (Å²) in [5, 5.41) is 12.0. The first-order chi connectivity index (χ1) is 7.33. The van der Waals surface area contributed by atoms with Crippen molar-refractivity contribution in [3.63, 3.8) is 0 Å². The van der Waals surface area contributed by atoms with Crippen molar-refractivity contribution in [2.75, 3.05) is 0 Å². The van der Waals surface area contributed by atoms with Crippen molar-refractivity contribution in [2.45, 2.75) is 32.4 Å². The number of carbonyl (C=O) groups is 1. The highest BCUT2D eigenvalue weighted by Crippen LogP contribution is 2.09. The summed E-state index contributed by atoms with van der Waals surface area (Å²) in [4.78, 5) is 15.1. The van der Waals surface area contributed by atoms with Crippen LogP contribution < -0.4 is 5.32 Å². The standard InChI is InChI=1S/C11H15FN2O2/c1-7(15)11(2,3)14-10(16)8-5-4-6-9(12)13-8/h4-7,15H,1-3H3,(H,14,16). The average molecular weight is 226 g/mol. The first-order valence-corrected chi connectivity index (χ1v) is 4.96.